The highest BCUT2D eigenvalue weighted by Crippen LogP contribution is 2.32. The maximum absolute atomic E-state index is 3.61. The van der Waals surface area contributed by atoms with E-state index in [0.717, 1.165) is 13.0 Å². The Bertz CT molecular complexity index is 331. The molecular weight excluding hydrogens is 226 g/mol. The Morgan fingerprint density at radius 1 is 1.38 bits per heavy atom. The molecule has 1 aromatic carbocycles. The van der Waals surface area contributed by atoms with Crippen LogP contribution in [-0.2, 0) is 12.0 Å². The van der Waals surface area contributed by atoms with Crippen LogP contribution >= 0.6 is 15.9 Å². The number of rotatable bonds is 0. The fourth-order valence-electron chi connectivity index (χ4n) is 1.99. The summed E-state index contributed by atoms with van der Waals surface area (Å²) in [5, 5.41) is 3.52. The molecule has 1 nitrogen and oxygen atoms in total. The van der Waals surface area contributed by atoms with Crippen molar-refractivity contribution in [2.24, 2.45) is 0 Å². The summed E-state index contributed by atoms with van der Waals surface area (Å²) in [4.78, 5) is 0. The van der Waals surface area contributed by atoms with E-state index in [2.05, 4.69) is 53.3 Å². The first-order valence-corrected chi connectivity index (χ1v) is 5.43. The fraction of sp³-hybridized carbons (Fsp3) is 0.455. The van der Waals surface area contributed by atoms with Gasteiger partial charge in [-0.2, -0.15) is 0 Å². The van der Waals surface area contributed by atoms with Crippen LogP contribution in [0.1, 0.15) is 25.0 Å². The molecule has 0 aliphatic carbocycles. The molecule has 0 unspecified atom stereocenters. The summed E-state index contributed by atoms with van der Waals surface area (Å²) in [6.07, 6.45) is 1.13. The molecule has 70 valence electrons. The van der Waals surface area contributed by atoms with Gasteiger partial charge in [0.2, 0.25) is 0 Å². The maximum atomic E-state index is 3.61. The first kappa shape index (κ1) is 9.22. The topological polar surface area (TPSA) is 12.0 Å². The van der Waals surface area contributed by atoms with Crippen LogP contribution < -0.4 is 5.32 Å². The lowest BCUT2D eigenvalue weighted by Gasteiger charge is -2.34. The number of benzene rings is 1. The third kappa shape index (κ3) is 1.53. The highest BCUT2D eigenvalue weighted by molar-refractivity contribution is 9.10. The van der Waals surface area contributed by atoms with Crippen LogP contribution in [0.5, 0.6) is 0 Å². The SMILES string of the molecule is CC1(C)NCCc2c(Br)cccc21. The summed E-state index contributed by atoms with van der Waals surface area (Å²) in [7, 11) is 0. The van der Waals surface area contributed by atoms with E-state index in [0.29, 0.717) is 0 Å². The van der Waals surface area contributed by atoms with Crippen LogP contribution in [0.2, 0.25) is 0 Å². The van der Waals surface area contributed by atoms with E-state index < -0.39 is 0 Å². The van der Waals surface area contributed by atoms with E-state index in [9.17, 15) is 0 Å². The summed E-state index contributed by atoms with van der Waals surface area (Å²) in [5.74, 6) is 0. The lowest BCUT2D eigenvalue weighted by atomic mass is 9.85. The minimum absolute atomic E-state index is 0.122. The van der Waals surface area contributed by atoms with Gasteiger partial charge in [0.15, 0.2) is 0 Å². The predicted octanol–water partition coefficient (Wildman–Crippen LogP) is 2.83. The van der Waals surface area contributed by atoms with Crippen molar-refractivity contribution in [2.45, 2.75) is 25.8 Å². The van der Waals surface area contributed by atoms with Gasteiger partial charge < -0.3 is 5.32 Å². The Morgan fingerprint density at radius 2 is 2.15 bits per heavy atom. The quantitative estimate of drug-likeness (QED) is 0.735. The Labute approximate surface area is 87.7 Å². The van der Waals surface area contributed by atoms with Crippen molar-refractivity contribution >= 4 is 15.9 Å². The molecule has 0 saturated heterocycles. The molecule has 0 bridgehead atoms. The molecule has 1 aliphatic heterocycles. The van der Waals surface area contributed by atoms with E-state index >= 15 is 0 Å². The number of nitrogens with one attached hydrogen (secondary N) is 1. The van der Waals surface area contributed by atoms with Crippen molar-refractivity contribution in [3.63, 3.8) is 0 Å². The van der Waals surface area contributed by atoms with Crippen LogP contribution in [0.25, 0.3) is 0 Å². The molecule has 1 aromatic rings. The second-order valence-electron chi connectivity index (χ2n) is 4.07. The Hall–Kier alpha value is -0.340. The predicted molar refractivity (Wildman–Crippen MR) is 58.9 cm³/mol. The highest BCUT2D eigenvalue weighted by atomic mass is 79.9. The van der Waals surface area contributed by atoms with Gasteiger partial charge in [0.05, 0.1) is 0 Å². The Morgan fingerprint density at radius 3 is 2.85 bits per heavy atom. The average Bonchev–Trinajstić information content (AvgIpc) is 2.06. The molecule has 0 atom stereocenters. The zero-order valence-electron chi connectivity index (χ0n) is 8.02. The normalized spacial score (nSPS) is 19.6. The number of hydrogen-bond donors (Lipinski definition) is 1. The van der Waals surface area contributed by atoms with Gasteiger partial charge in [-0.05, 0) is 37.5 Å². The summed E-state index contributed by atoms with van der Waals surface area (Å²) >= 11 is 3.61. The second-order valence-corrected chi connectivity index (χ2v) is 4.92. The average molecular weight is 240 g/mol. The molecule has 2 heteroatoms. The molecule has 0 fully saturated rings. The molecule has 1 aliphatic rings. The van der Waals surface area contributed by atoms with E-state index in [1.54, 1.807) is 0 Å². The largest absolute Gasteiger partial charge is 0.307 e. The van der Waals surface area contributed by atoms with Gasteiger partial charge in [0, 0.05) is 16.6 Å². The summed E-state index contributed by atoms with van der Waals surface area (Å²) in [6.45, 7) is 5.54. The first-order chi connectivity index (χ1) is 6.11. The van der Waals surface area contributed by atoms with Crippen molar-refractivity contribution in [2.75, 3.05) is 6.54 Å². The van der Waals surface area contributed by atoms with Gasteiger partial charge in [0.1, 0.15) is 0 Å². The molecule has 2 rings (SSSR count). The minimum Gasteiger partial charge on any atom is -0.307 e. The van der Waals surface area contributed by atoms with Crippen LogP contribution in [0, 0.1) is 0 Å². The fourth-order valence-corrected chi connectivity index (χ4v) is 2.56. The molecule has 1 heterocycles. The van der Waals surface area contributed by atoms with Crippen LogP contribution in [0.3, 0.4) is 0 Å². The van der Waals surface area contributed by atoms with Gasteiger partial charge in [-0.25, -0.2) is 0 Å². The van der Waals surface area contributed by atoms with Gasteiger partial charge >= 0.3 is 0 Å². The van der Waals surface area contributed by atoms with Gasteiger partial charge in [-0.1, -0.05) is 28.1 Å². The molecule has 0 spiro atoms. The summed E-state index contributed by atoms with van der Waals surface area (Å²) in [6, 6.07) is 6.45. The Balaban J connectivity index is 2.58. The number of halogens is 1. The highest BCUT2D eigenvalue weighted by Gasteiger charge is 2.27. The second kappa shape index (κ2) is 3.10. The van der Waals surface area contributed by atoms with E-state index in [4.69, 9.17) is 0 Å². The van der Waals surface area contributed by atoms with E-state index in [1.165, 1.54) is 15.6 Å². The van der Waals surface area contributed by atoms with Crippen molar-refractivity contribution in [1.82, 2.24) is 5.32 Å². The van der Waals surface area contributed by atoms with Gasteiger partial charge in [0.25, 0.3) is 0 Å². The molecule has 0 radical (unpaired) electrons. The summed E-state index contributed by atoms with van der Waals surface area (Å²) in [5.41, 5.74) is 3.01. The smallest absolute Gasteiger partial charge is 0.0380 e. The lowest BCUT2D eigenvalue weighted by molar-refractivity contribution is 0.381. The lowest BCUT2D eigenvalue weighted by Crippen LogP contribution is -2.42. The monoisotopic (exact) mass is 239 g/mol. The van der Waals surface area contributed by atoms with E-state index in [1.807, 2.05) is 0 Å². The molecule has 0 amide bonds. The standard InChI is InChI=1S/C11H14BrN/c1-11(2)9-4-3-5-10(12)8(9)6-7-13-11/h3-5,13H,6-7H2,1-2H3. The molecule has 0 aromatic heterocycles. The third-order valence-electron chi connectivity index (χ3n) is 2.73. The van der Waals surface area contributed by atoms with Crippen LogP contribution in [0.4, 0.5) is 0 Å². The van der Waals surface area contributed by atoms with Crippen LogP contribution in [0.15, 0.2) is 22.7 Å². The van der Waals surface area contributed by atoms with Crippen LogP contribution in [-0.4, -0.2) is 6.54 Å². The number of fused-ring (bicyclic) bond motifs is 1. The molecular formula is C11H14BrN. The molecule has 0 saturated carbocycles. The van der Waals surface area contributed by atoms with E-state index in [-0.39, 0.29) is 5.54 Å². The molecule has 1 N–H and O–H groups in total. The van der Waals surface area contributed by atoms with Crippen molar-refractivity contribution in [3.05, 3.63) is 33.8 Å². The van der Waals surface area contributed by atoms with Crippen molar-refractivity contribution < 1.29 is 0 Å². The molecule has 13 heavy (non-hydrogen) atoms. The van der Waals surface area contributed by atoms with Crippen molar-refractivity contribution in [1.29, 1.82) is 0 Å². The van der Waals surface area contributed by atoms with Gasteiger partial charge in [-0.15, -0.1) is 0 Å². The summed E-state index contributed by atoms with van der Waals surface area (Å²) < 4.78 is 1.25. The zero-order valence-corrected chi connectivity index (χ0v) is 9.61. The number of hydrogen-bond acceptors (Lipinski definition) is 1. The van der Waals surface area contributed by atoms with Crippen molar-refractivity contribution in [3.8, 4) is 0 Å². The minimum atomic E-state index is 0.122. The van der Waals surface area contributed by atoms with Gasteiger partial charge in [-0.3, -0.25) is 0 Å². The third-order valence-corrected chi connectivity index (χ3v) is 3.48. The first-order valence-electron chi connectivity index (χ1n) is 4.64. The maximum Gasteiger partial charge on any atom is 0.0380 e. The Kier molecular flexibility index (Phi) is 2.20. The zero-order chi connectivity index (χ0) is 9.47.